The van der Waals surface area contributed by atoms with Gasteiger partial charge in [0.2, 0.25) is 0 Å². The van der Waals surface area contributed by atoms with E-state index in [9.17, 15) is 5.11 Å². The summed E-state index contributed by atoms with van der Waals surface area (Å²) in [7, 11) is 0. The smallest absolute Gasteiger partial charge is 0.0790 e. The molecule has 2 heteroatoms. The molecule has 0 saturated carbocycles. The zero-order valence-electron chi connectivity index (χ0n) is 10.3. The quantitative estimate of drug-likeness (QED) is 0.847. The number of rotatable bonds is 5. The van der Waals surface area contributed by atoms with E-state index in [2.05, 4.69) is 0 Å². The molecule has 1 heterocycles. The van der Waals surface area contributed by atoms with Crippen LogP contribution in [0, 0.1) is 5.92 Å². The Balaban J connectivity index is 1.67. The second kappa shape index (κ2) is 6.77. The third-order valence-corrected chi connectivity index (χ3v) is 3.62. The number of benzene rings is 1. The molecule has 0 spiro atoms. The maximum atomic E-state index is 10.0. The Bertz CT molecular complexity index is 304. The van der Waals surface area contributed by atoms with Crippen molar-refractivity contribution in [3.63, 3.8) is 0 Å². The fourth-order valence-corrected chi connectivity index (χ4v) is 2.48. The monoisotopic (exact) mass is 234 g/mol. The molecule has 0 radical (unpaired) electrons. The molecule has 1 aliphatic rings. The molecule has 0 aliphatic carbocycles. The van der Waals surface area contributed by atoms with Crippen LogP contribution in [0.4, 0.5) is 0 Å². The summed E-state index contributed by atoms with van der Waals surface area (Å²) >= 11 is 0. The van der Waals surface area contributed by atoms with Crippen molar-refractivity contribution in [1.82, 2.24) is 0 Å². The van der Waals surface area contributed by atoms with Gasteiger partial charge in [-0.3, -0.25) is 0 Å². The van der Waals surface area contributed by atoms with E-state index in [1.807, 2.05) is 30.3 Å². The van der Waals surface area contributed by atoms with Gasteiger partial charge in [0.05, 0.1) is 6.10 Å². The highest BCUT2D eigenvalue weighted by Gasteiger charge is 2.14. The molecule has 2 rings (SSSR count). The van der Waals surface area contributed by atoms with E-state index >= 15 is 0 Å². The SMILES string of the molecule is OC(CCCC1CCOCC1)c1ccccc1. The molecule has 0 amide bonds. The van der Waals surface area contributed by atoms with Crippen LogP contribution < -0.4 is 0 Å². The van der Waals surface area contributed by atoms with Crippen LogP contribution in [0.25, 0.3) is 0 Å². The Morgan fingerprint density at radius 2 is 1.88 bits per heavy atom. The van der Waals surface area contributed by atoms with Crippen LogP contribution in [0.3, 0.4) is 0 Å². The fourth-order valence-electron chi connectivity index (χ4n) is 2.48. The van der Waals surface area contributed by atoms with Crippen LogP contribution in [0.2, 0.25) is 0 Å². The first kappa shape index (κ1) is 12.6. The zero-order chi connectivity index (χ0) is 11.9. The van der Waals surface area contributed by atoms with Gasteiger partial charge in [0.15, 0.2) is 0 Å². The van der Waals surface area contributed by atoms with Crippen LogP contribution in [0.15, 0.2) is 30.3 Å². The van der Waals surface area contributed by atoms with Crippen molar-refractivity contribution in [1.29, 1.82) is 0 Å². The average molecular weight is 234 g/mol. The van der Waals surface area contributed by atoms with E-state index in [-0.39, 0.29) is 6.10 Å². The molecule has 94 valence electrons. The number of aliphatic hydroxyl groups is 1. The average Bonchev–Trinajstić information content (AvgIpc) is 2.41. The normalized spacial score (nSPS) is 19.1. The summed E-state index contributed by atoms with van der Waals surface area (Å²) in [6.07, 6.45) is 5.31. The molecule has 1 aliphatic heterocycles. The maximum absolute atomic E-state index is 10.0. The topological polar surface area (TPSA) is 29.5 Å². The Labute approximate surface area is 104 Å². The first-order chi connectivity index (χ1) is 8.36. The number of aliphatic hydroxyl groups excluding tert-OH is 1. The van der Waals surface area contributed by atoms with Crippen molar-refractivity contribution in [2.45, 2.75) is 38.2 Å². The molecule has 2 nitrogen and oxygen atoms in total. The Hall–Kier alpha value is -0.860. The van der Waals surface area contributed by atoms with Crippen LogP contribution in [0.1, 0.15) is 43.8 Å². The van der Waals surface area contributed by atoms with Gasteiger partial charge in [0.1, 0.15) is 0 Å². The lowest BCUT2D eigenvalue weighted by Gasteiger charge is -2.22. The predicted octanol–water partition coefficient (Wildman–Crippen LogP) is 3.32. The molecule has 0 bridgehead atoms. The summed E-state index contributed by atoms with van der Waals surface area (Å²) < 4.78 is 5.35. The van der Waals surface area contributed by atoms with Gasteiger partial charge >= 0.3 is 0 Å². The standard InChI is InChI=1S/C15H22O2/c16-15(14-6-2-1-3-7-14)8-4-5-13-9-11-17-12-10-13/h1-3,6-7,13,15-16H,4-5,8-12H2. The fraction of sp³-hybridized carbons (Fsp3) is 0.600. The van der Waals surface area contributed by atoms with Crippen LogP contribution >= 0.6 is 0 Å². The van der Waals surface area contributed by atoms with Gasteiger partial charge in [0, 0.05) is 13.2 Å². The molecule has 1 atom stereocenters. The molecular weight excluding hydrogens is 212 g/mol. The highest BCUT2D eigenvalue weighted by atomic mass is 16.5. The van der Waals surface area contributed by atoms with Gasteiger partial charge in [-0.2, -0.15) is 0 Å². The van der Waals surface area contributed by atoms with Crippen molar-refractivity contribution in [3.05, 3.63) is 35.9 Å². The molecule has 1 aromatic carbocycles. The summed E-state index contributed by atoms with van der Waals surface area (Å²) in [5.41, 5.74) is 1.04. The zero-order valence-corrected chi connectivity index (χ0v) is 10.3. The van der Waals surface area contributed by atoms with E-state index in [0.29, 0.717) is 0 Å². The van der Waals surface area contributed by atoms with Crippen molar-refractivity contribution in [2.24, 2.45) is 5.92 Å². The van der Waals surface area contributed by atoms with Crippen molar-refractivity contribution in [3.8, 4) is 0 Å². The van der Waals surface area contributed by atoms with E-state index in [1.165, 1.54) is 19.3 Å². The summed E-state index contributed by atoms with van der Waals surface area (Å²) in [5, 5.41) is 10.0. The molecule has 1 unspecified atom stereocenters. The summed E-state index contributed by atoms with van der Waals surface area (Å²) in [6, 6.07) is 9.95. The maximum Gasteiger partial charge on any atom is 0.0790 e. The van der Waals surface area contributed by atoms with Gasteiger partial charge in [-0.25, -0.2) is 0 Å². The minimum absolute atomic E-state index is 0.295. The highest BCUT2D eigenvalue weighted by molar-refractivity contribution is 5.16. The minimum Gasteiger partial charge on any atom is -0.388 e. The largest absolute Gasteiger partial charge is 0.388 e. The van der Waals surface area contributed by atoms with E-state index in [4.69, 9.17) is 4.74 Å². The molecule has 1 aromatic rings. The Morgan fingerprint density at radius 3 is 2.59 bits per heavy atom. The third kappa shape index (κ3) is 4.14. The second-order valence-electron chi connectivity index (χ2n) is 4.91. The van der Waals surface area contributed by atoms with Crippen molar-refractivity contribution < 1.29 is 9.84 Å². The van der Waals surface area contributed by atoms with Crippen LogP contribution in [-0.4, -0.2) is 18.3 Å². The van der Waals surface area contributed by atoms with Gasteiger partial charge in [-0.05, 0) is 30.7 Å². The van der Waals surface area contributed by atoms with Crippen LogP contribution in [-0.2, 0) is 4.74 Å². The summed E-state index contributed by atoms with van der Waals surface area (Å²) in [6.45, 7) is 1.85. The van der Waals surface area contributed by atoms with E-state index < -0.39 is 0 Å². The molecule has 17 heavy (non-hydrogen) atoms. The van der Waals surface area contributed by atoms with E-state index in [1.54, 1.807) is 0 Å². The summed E-state index contributed by atoms with van der Waals surface area (Å²) in [5.74, 6) is 0.812. The van der Waals surface area contributed by atoms with Crippen molar-refractivity contribution in [2.75, 3.05) is 13.2 Å². The predicted molar refractivity (Wildman–Crippen MR) is 68.8 cm³/mol. The summed E-state index contributed by atoms with van der Waals surface area (Å²) in [4.78, 5) is 0. The van der Waals surface area contributed by atoms with E-state index in [0.717, 1.165) is 37.5 Å². The molecule has 0 aromatic heterocycles. The minimum atomic E-state index is -0.295. The first-order valence-electron chi connectivity index (χ1n) is 6.67. The third-order valence-electron chi connectivity index (χ3n) is 3.62. The van der Waals surface area contributed by atoms with Gasteiger partial charge in [-0.1, -0.05) is 43.2 Å². The Kier molecular flexibility index (Phi) is 5.02. The first-order valence-corrected chi connectivity index (χ1v) is 6.67. The van der Waals surface area contributed by atoms with Crippen molar-refractivity contribution >= 4 is 0 Å². The molecular formula is C15H22O2. The Morgan fingerprint density at radius 1 is 1.18 bits per heavy atom. The van der Waals surface area contributed by atoms with Crippen LogP contribution in [0.5, 0.6) is 0 Å². The number of hydrogen-bond donors (Lipinski definition) is 1. The van der Waals surface area contributed by atoms with Gasteiger partial charge in [-0.15, -0.1) is 0 Å². The number of ether oxygens (including phenoxy) is 1. The lowest BCUT2D eigenvalue weighted by Crippen LogP contribution is -2.15. The van der Waals surface area contributed by atoms with Gasteiger partial charge < -0.3 is 9.84 Å². The lowest BCUT2D eigenvalue weighted by atomic mass is 9.92. The molecule has 1 N–H and O–H groups in total. The molecule has 1 saturated heterocycles. The van der Waals surface area contributed by atoms with Gasteiger partial charge in [0.25, 0.3) is 0 Å². The number of hydrogen-bond acceptors (Lipinski definition) is 2. The lowest BCUT2D eigenvalue weighted by molar-refractivity contribution is 0.0614. The second-order valence-corrected chi connectivity index (χ2v) is 4.91. The molecule has 1 fully saturated rings. The highest BCUT2D eigenvalue weighted by Crippen LogP contribution is 2.24.